The van der Waals surface area contributed by atoms with Gasteiger partial charge < -0.3 is 10.6 Å². The number of fused-ring (bicyclic) bond motifs is 1. The first-order chi connectivity index (χ1) is 13.6. The third-order valence-corrected chi connectivity index (χ3v) is 5.68. The molecule has 2 aromatic carbocycles. The van der Waals surface area contributed by atoms with Crippen LogP contribution >= 0.6 is 11.3 Å². The van der Waals surface area contributed by atoms with Crippen molar-refractivity contribution in [2.24, 2.45) is 0 Å². The highest BCUT2D eigenvalue weighted by atomic mass is 32.1. The quantitative estimate of drug-likeness (QED) is 0.677. The zero-order valence-corrected chi connectivity index (χ0v) is 15.9. The van der Waals surface area contributed by atoms with Gasteiger partial charge in [-0.3, -0.25) is 9.59 Å². The van der Waals surface area contributed by atoms with Crippen molar-refractivity contribution < 1.29 is 9.59 Å². The lowest BCUT2D eigenvalue weighted by Gasteiger charge is -2.09. The van der Waals surface area contributed by atoms with Gasteiger partial charge in [-0.05, 0) is 36.1 Å². The monoisotopic (exact) mass is 390 g/mol. The highest BCUT2D eigenvalue weighted by Gasteiger charge is 2.44. The summed E-state index contributed by atoms with van der Waals surface area (Å²) >= 11 is 1.47. The molecule has 7 heteroatoms. The van der Waals surface area contributed by atoms with Crippen LogP contribution in [0, 0.1) is 11.3 Å². The Morgan fingerprint density at radius 1 is 1.11 bits per heavy atom. The summed E-state index contributed by atoms with van der Waals surface area (Å²) in [7, 11) is 0. The number of hydrogen-bond donors (Lipinski definition) is 2. The van der Waals surface area contributed by atoms with Crippen molar-refractivity contribution in [3.8, 4) is 17.2 Å². The highest BCUT2D eigenvalue weighted by Crippen LogP contribution is 2.34. The van der Waals surface area contributed by atoms with E-state index in [1.165, 1.54) is 11.3 Å². The fourth-order valence-corrected chi connectivity index (χ4v) is 3.89. The largest absolute Gasteiger partial charge is 0.347 e. The summed E-state index contributed by atoms with van der Waals surface area (Å²) in [6.45, 7) is -0.134. The number of benzene rings is 2. The maximum atomic E-state index is 12.1. The fourth-order valence-electron chi connectivity index (χ4n) is 2.94. The second-order valence-corrected chi connectivity index (χ2v) is 7.97. The Bertz CT molecular complexity index is 1080. The summed E-state index contributed by atoms with van der Waals surface area (Å²) in [6, 6.07) is 18.2. The molecular formula is C21H18N4O2S. The van der Waals surface area contributed by atoms with Crippen LogP contribution in [0.3, 0.4) is 0 Å². The van der Waals surface area contributed by atoms with E-state index in [1.807, 2.05) is 48.5 Å². The van der Waals surface area contributed by atoms with Crippen LogP contribution in [0.5, 0.6) is 0 Å². The van der Waals surface area contributed by atoms with Gasteiger partial charge in [-0.2, -0.15) is 5.26 Å². The number of carbonyl (C=O) groups is 2. The van der Waals surface area contributed by atoms with Crippen molar-refractivity contribution in [3.05, 3.63) is 53.5 Å². The van der Waals surface area contributed by atoms with Gasteiger partial charge in [0.25, 0.3) is 0 Å². The van der Waals surface area contributed by atoms with Crippen LogP contribution in [0.25, 0.3) is 21.3 Å². The topological polar surface area (TPSA) is 94.9 Å². The van der Waals surface area contributed by atoms with Crippen molar-refractivity contribution in [1.29, 1.82) is 5.26 Å². The number of hydrogen-bond acceptors (Lipinski definition) is 5. The molecular weight excluding hydrogens is 372 g/mol. The first-order valence-electron chi connectivity index (χ1n) is 9.01. The van der Waals surface area contributed by atoms with Gasteiger partial charge >= 0.3 is 0 Å². The minimum atomic E-state index is -0.717. The number of nitriles is 1. The van der Waals surface area contributed by atoms with Crippen LogP contribution in [0.4, 0.5) is 0 Å². The Morgan fingerprint density at radius 2 is 1.89 bits per heavy atom. The Labute approximate surface area is 166 Å². The molecule has 1 aliphatic carbocycles. The van der Waals surface area contributed by atoms with E-state index in [4.69, 9.17) is 5.26 Å². The van der Waals surface area contributed by atoms with Gasteiger partial charge in [0.2, 0.25) is 11.8 Å². The molecule has 1 fully saturated rings. The van der Waals surface area contributed by atoms with Gasteiger partial charge in [0.05, 0.1) is 29.3 Å². The zero-order chi connectivity index (χ0) is 19.6. The molecule has 0 atom stereocenters. The molecule has 0 spiro atoms. The summed E-state index contributed by atoms with van der Waals surface area (Å²) in [5.41, 5.74) is 2.34. The number of aromatic nitrogens is 1. The van der Waals surface area contributed by atoms with E-state index in [2.05, 4.69) is 21.7 Å². The standard InChI is InChI=1S/C21H18N4O2S/c22-13-21(8-9-21)25-19(27)12-23-18(26)11-20-24-16-10-15(6-7-17(16)28-20)14-4-2-1-3-5-14/h1-7,10H,8-9,11-12H2,(H,23,26)(H,25,27). The predicted octanol–water partition coefficient (Wildman–Crippen LogP) is 2.79. The molecule has 2 amide bonds. The van der Waals surface area contributed by atoms with E-state index in [1.54, 1.807) is 0 Å². The predicted molar refractivity (Wildman–Crippen MR) is 107 cm³/mol. The summed E-state index contributed by atoms with van der Waals surface area (Å²) in [5, 5.41) is 14.9. The third-order valence-electron chi connectivity index (χ3n) is 4.64. The molecule has 0 unspecified atom stereocenters. The van der Waals surface area contributed by atoms with Crippen LogP contribution in [-0.2, 0) is 16.0 Å². The molecule has 28 heavy (non-hydrogen) atoms. The normalized spacial score (nSPS) is 14.2. The van der Waals surface area contributed by atoms with Crippen molar-refractivity contribution in [1.82, 2.24) is 15.6 Å². The number of nitrogens with zero attached hydrogens (tertiary/aromatic N) is 2. The third kappa shape index (κ3) is 4.02. The summed E-state index contributed by atoms with van der Waals surface area (Å²) in [6.07, 6.45) is 1.45. The number of nitrogens with one attached hydrogen (secondary N) is 2. The molecule has 1 aliphatic rings. The van der Waals surface area contributed by atoms with E-state index >= 15 is 0 Å². The average molecular weight is 390 g/mol. The molecule has 6 nitrogen and oxygen atoms in total. The second-order valence-electron chi connectivity index (χ2n) is 6.85. The molecule has 2 N–H and O–H groups in total. The molecule has 0 bridgehead atoms. The van der Waals surface area contributed by atoms with E-state index in [9.17, 15) is 9.59 Å². The van der Waals surface area contributed by atoms with E-state index in [0.717, 1.165) is 21.3 Å². The molecule has 0 saturated heterocycles. The average Bonchev–Trinajstić information content (AvgIpc) is 3.36. The summed E-state index contributed by atoms with van der Waals surface area (Å²) in [5.74, 6) is -0.608. The molecule has 0 radical (unpaired) electrons. The maximum absolute atomic E-state index is 12.1. The van der Waals surface area contributed by atoms with Crippen LogP contribution in [0.2, 0.25) is 0 Å². The minimum Gasteiger partial charge on any atom is -0.347 e. The van der Waals surface area contributed by atoms with E-state index < -0.39 is 5.54 Å². The lowest BCUT2D eigenvalue weighted by atomic mass is 10.1. The number of amides is 2. The van der Waals surface area contributed by atoms with Crippen molar-refractivity contribution in [2.45, 2.75) is 24.8 Å². The minimum absolute atomic E-state index is 0.122. The maximum Gasteiger partial charge on any atom is 0.240 e. The Balaban J connectivity index is 1.37. The lowest BCUT2D eigenvalue weighted by Crippen LogP contribution is -2.43. The molecule has 0 aliphatic heterocycles. The Kier molecular flexibility index (Phi) is 4.80. The molecule has 3 aromatic rings. The number of carbonyl (C=O) groups excluding carboxylic acids is 2. The van der Waals surface area contributed by atoms with E-state index in [-0.39, 0.29) is 24.8 Å². The van der Waals surface area contributed by atoms with Gasteiger partial charge in [-0.1, -0.05) is 36.4 Å². The molecule has 1 saturated carbocycles. The van der Waals surface area contributed by atoms with E-state index in [0.29, 0.717) is 17.8 Å². The SMILES string of the molecule is N#CC1(NC(=O)CNC(=O)Cc2nc3cc(-c4ccccc4)ccc3s2)CC1. The second kappa shape index (κ2) is 7.41. The highest BCUT2D eigenvalue weighted by molar-refractivity contribution is 7.18. The lowest BCUT2D eigenvalue weighted by molar-refractivity contribution is -0.126. The molecule has 1 aromatic heterocycles. The zero-order valence-electron chi connectivity index (χ0n) is 15.1. The van der Waals surface area contributed by atoms with Crippen LogP contribution in [0.15, 0.2) is 48.5 Å². The Hall–Kier alpha value is -3.24. The molecule has 4 rings (SSSR count). The summed E-state index contributed by atoms with van der Waals surface area (Å²) < 4.78 is 1.02. The first-order valence-corrected chi connectivity index (χ1v) is 9.82. The van der Waals surface area contributed by atoms with Gasteiger partial charge in [0.1, 0.15) is 10.5 Å². The molecule has 1 heterocycles. The molecule has 140 valence electrons. The first kappa shape index (κ1) is 18.1. The smallest absolute Gasteiger partial charge is 0.240 e. The van der Waals surface area contributed by atoms with Crippen molar-refractivity contribution in [3.63, 3.8) is 0 Å². The number of thiazole rings is 1. The van der Waals surface area contributed by atoms with Gasteiger partial charge in [-0.15, -0.1) is 11.3 Å². The van der Waals surface area contributed by atoms with Crippen molar-refractivity contribution >= 4 is 33.4 Å². The fraction of sp³-hybridized carbons (Fsp3) is 0.238. The van der Waals surface area contributed by atoms with Crippen LogP contribution in [0.1, 0.15) is 17.8 Å². The van der Waals surface area contributed by atoms with Crippen molar-refractivity contribution in [2.75, 3.05) is 6.54 Å². The Morgan fingerprint density at radius 3 is 2.61 bits per heavy atom. The summed E-state index contributed by atoms with van der Waals surface area (Å²) in [4.78, 5) is 28.5. The number of rotatable bonds is 6. The van der Waals surface area contributed by atoms with Gasteiger partial charge in [0.15, 0.2) is 0 Å². The van der Waals surface area contributed by atoms with Gasteiger partial charge in [0, 0.05) is 0 Å². The van der Waals surface area contributed by atoms with Gasteiger partial charge in [-0.25, -0.2) is 4.98 Å². The van der Waals surface area contributed by atoms with Crippen LogP contribution in [-0.4, -0.2) is 28.9 Å². The van der Waals surface area contributed by atoms with Crippen LogP contribution < -0.4 is 10.6 Å².